The van der Waals surface area contributed by atoms with Gasteiger partial charge >= 0.3 is 0 Å². The predicted molar refractivity (Wildman–Crippen MR) is 66.7 cm³/mol. The van der Waals surface area contributed by atoms with E-state index in [-0.39, 0.29) is 0 Å². The second-order valence-electron chi connectivity index (χ2n) is 4.90. The molecule has 0 spiro atoms. The molecule has 17 heavy (non-hydrogen) atoms. The fraction of sp³-hybridized carbons (Fsp3) is 0.500. The van der Waals surface area contributed by atoms with Crippen molar-refractivity contribution in [1.29, 1.82) is 0 Å². The molecule has 5 heteroatoms. The predicted octanol–water partition coefficient (Wildman–Crippen LogP) is 0.806. The first-order valence-electron chi connectivity index (χ1n) is 5.99. The molecule has 0 aliphatic carbocycles. The number of nitrogen functional groups attached to an aromatic ring is 1. The Morgan fingerprint density at radius 3 is 3.18 bits per heavy atom. The van der Waals surface area contributed by atoms with Crippen LogP contribution in [0.2, 0.25) is 0 Å². The van der Waals surface area contributed by atoms with Crippen LogP contribution in [0.15, 0.2) is 18.5 Å². The van der Waals surface area contributed by atoms with E-state index < -0.39 is 0 Å². The average Bonchev–Trinajstić information content (AvgIpc) is 2.88. The molecule has 2 aromatic rings. The lowest BCUT2D eigenvalue weighted by Crippen LogP contribution is -2.15. The molecular weight excluding hydrogens is 214 g/mol. The van der Waals surface area contributed by atoms with Gasteiger partial charge in [0.1, 0.15) is 5.82 Å². The van der Waals surface area contributed by atoms with E-state index in [0.717, 1.165) is 18.0 Å². The molecule has 1 atom stereocenters. The maximum absolute atomic E-state index is 5.85. The molecule has 1 aliphatic heterocycles. The zero-order valence-electron chi connectivity index (χ0n) is 10.0. The van der Waals surface area contributed by atoms with Gasteiger partial charge in [0.05, 0.1) is 6.20 Å². The Morgan fingerprint density at radius 1 is 1.53 bits per heavy atom. The Kier molecular flexibility index (Phi) is 2.48. The minimum absolute atomic E-state index is 0.643. The smallest absolute Gasteiger partial charge is 0.160 e. The number of hydrogen-bond donors (Lipinski definition) is 1. The van der Waals surface area contributed by atoms with Gasteiger partial charge in [0.15, 0.2) is 5.65 Å². The van der Waals surface area contributed by atoms with Crippen LogP contribution in [-0.2, 0) is 6.42 Å². The fourth-order valence-electron chi connectivity index (χ4n) is 2.61. The topological polar surface area (TPSA) is 59.5 Å². The summed E-state index contributed by atoms with van der Waals surface area (Å²) in [5, 5.41) is 4.29. The van der Waals surface area contributed by atoms with Crippen molar-refractivity contribution in [2.75, 3.05) is 25.9 Å². The van der Waals surface area contributed by atoms with Crippen molar-refractivity contribution in [2.24, 2.45) is 5.92 Å². The third-order valence-electron chi connectivity index (χ3n) is 3.50. The molecule has 1 unspecified atom stereocenters. The van der Waals surface area contributed by atoms with E-state index in [4.69, 9.17) is 5.73 Å². The third kappa shape index (κ3) is 1.86. The Hall–Kier alpha value is -1.62. The monoisotopic (exact) mass is 231 g/mol. The van der Waals surface area contributed by atoms with Crippen molar-refractivity contribution >= 4 is 11.5 Å². The van der Waals surface area contributed by atoms with Gasteiger partial charge in [-0.2, -0.15) is 9.61 Å². The minimum Gasteiger partial charge on any atom is -0.384 e. The summed E-state index contributed by atoms with van der Waals surface area (Å²) in [7, 11) is 2.17. The molecule has 0 amide bonds. The molecule has 3 heterocycles. The van der Waals surface area contributed by atoms with Gasteiger partial charge in [0.2, 0.25) is 0 Å². The maximum atomic E-state index is 5.85. The Labute approximate surface area is 100 Å². The molecule has 1 aliphatic rings. The average molecular weight is 231 g/mol. The second-order valence-corrected chi connectivity index (χ2v) is 4.90. The lowest BCUT2D eigenvalue weighted by Gasteiger charge is -2.08. The number of fused-ring (bicyclic) bond motifs is 1. The molecular formula is C12H17N5. The summed E-state index contributed by atoms with van der Waals surface area (Å²) >= 11 is 0. The van der Waals surface area contributed by atoms with Crippen LogP contribution in [-0.4, -0.2) is 39.6 Å². The second kappa shape index (κ2) is 4.00. The molecule has 5 nitrogen and oxygen atoms in total. The highest BCUT2D eigenvalue weighted by molar-refractivity contribution is 5.51. The highest BCUT2D eigenvalue weighted by Gasteiger charge is 2.21. The van der Waals surface area contributed by atoms with Crippen molar-refractivity contribution < 1.29 is 0 Å². The van der Waals surface area contributed by atoms with E-state index in [2.05, 4.69) is 22.0 Å². The summed E-state index contributed by atoms with van der Waals surface area (Å²) < 4.78 is 1.72. The molecule has 90 valence electrons. The van der Waals surface area contributed by atoms with Crippen molar-refractivity contribution in [1.82, 2.24) is 19.5 Å². The van der Waals surface area contributed by atoms with Gasteiger partial charge in [-0.3, -0.25) is 0 Å². The highest BCUT2D eigenvalue weighted by atomic mass is 15.3. The van der Waals surface area contributed by atoms with Crippen molar-refractivity contribution in [3.05, 3.63) is 24.0 Å². The van der Waals surface area contributed by atoms with Crippen LogP contribution in [0.3, 0.4) is 0 Å². The highest BCUT2D eigenvalue weighted by Crippen LogP contribution is 2.21. The fourth-order valence-corrected chi connectivity index (χ4v) is 2.61. The third-order valence-corrected chi connectivity index (χ3v) is 3.50. The molecule has 3 rings (SSSR count). The first-order chi connectivity index (χ1) is 8.24. The number of rotatable bonds is 2. The zero-order valence-corrected chi connectivity index (χ0v) is 10.0. The van der Waals surface area contributed by atoms with Gasteiger partial charge in [0.25, 0.3) is 0 Å². The standard InChI is InChI=1S/C12H17N5/c1-16-5-3-9(8-16)6-10-7-15-17-11(13)2-4-14-12(10)17/h2,4,7,9H,3,5-6,8,13H2,1H3. The van der Waals surface area contributed by atoms with Gasteiger partial charge < -0.3 is 10.6 Å². The van der Waals surface area contributed by atoms with Gasteiger partial charge in [-0.15, -0.1) is 0 Å². The largest absolute Gasteiger partial charge is 0.384 e. The summed E-state index contributed by atoms with van der Waals surface area (Å²) in [5.41, 5.74) is 7.96. The molecule has 2 N–H and O–H groups in total. The van der Waals surface area contributed by atoms with E-state index in [1.807, 2.05) is 6.20 Å². The van der Waals surface area contributed by atoms with Gasteiger partial charge in [-0.05, 0) is 38.4 Å². The summed E-state index contributed by atoms with van der Waals surface area (Å²) in [6, 6.07) is 1.77. The van der Waals surface area contributed by atoms with E-state index in [0.29, 0.717) is 5.82 Å². The lowest BCUT2D eigenvalue weighted by molar-refractivity contribution is 0.394. The van der Waals surface area contributed by atoms with Crippen LogP contribution in [0.5, 0.6) is 0 Å². The van der Waals surface area contributed by atoms with Crippen LogP contribution in [0, 0.1) is 5.92 Å². The Bertz CT molecular complexity index is 533. The molecule has 0 aromatic carbocycles. The SMILES string of the molecule is CN1CCC(Cc2cnn3c(N)ccnc23)C1. The van der Waals surface area contributed by atoms with Gasteiger partial charge in [-0.25, -0.2) is 4.98 Å². The van der Waals surface area contributed by atoms with E-state index in [9.17, 15) is 0 Å². The first kappa shape index (κ1) is 10.5. The van der Waals surface area contributed by atoms with Crippen molar-refractivity contribution in [2.45, 2.75) is 12.8 Å². The van der Waals surface area contributed by atoms with Gasteiger partial charge in [0, 0.05) is 18.3 Å². The summed E-state index contributed by atoms with van der Waals surface area (Å²) in [4.78, 5) is 6.74. The number of hydrogen-bond acceptors (Lipinski definition) is 4. The molecule has 1 fully saturated rings. The number of aromatic nitrogens is 3. The normalized spacial score (nSPS) is 21.4. The number of anilines is 1. The van der Waals surface area contributed by atoms with Crippen LogP contribution in [0.25, 0.3) is 5.65 Å². The van der Waals surface area contributed by atoms with Gasteiger partial charge in [-0.1, -0.05) is 0 Å². The zero-order chi connectivity index (χ0) is 11.8. The minimum atomic E-state index is 0.643. The lowest BCUT2D eigenvalue weighted by atomic mass is 10.0. The molecule has 0 bridgehead atoms. The van der Waals surface area contributed by atoms with E-state index in [1.165, 1.54) is 25.1 Å². The number of nitrogens with zero attached hydrogens (tertiary/aromatic N) is 4. The maximum Gasteiger partial charge on any atom is 0.160 e. The van der Waals surface area contributed by atoms with Crippen LogP contribution >= 0.6 is 0 Å². The molecule has 2 aromatic heterocycles. The Balaban J connectivity index is 1.88. The quantitative estimate of drug-likeness (QED) is 0.830. The molecule has 0 radical (unpaired) electrons. The first-order valence-corrected chi connectivity index (χ1v) is 5.99. The van der Waals surface area contributed by atoms with Crippen molar-refractivity contribution in [3.63, 3.8) is 0 Å². The van der Waals surface area contributed by atoms with E-state index in [1.54, 1.807) is 16.8 Å². The van der Waals surface area contributed by atoms with Crippen LogP contribution < -0.4 is 5.73 Å². The molecule has 1 saturated heterocycles. The van der Waals surface area contributed by atoms with Crippen molar-refractivity contribution in [3.8, 4) is 0 Å². The summed E-state index contributed by atoms with van der Waals surface area (Å²) in [5.74, 6) is 1.36. The number of nitrogens with two attached hydrogens (primary N) is 1. The number of likely N-dealkylation sites (tertiary alicyclic amines) is 1. The van der Waals surface area contributed by atoms with Crippen LogP contribution in [0.4, 0.5) is 5.82 Å². The summed E-state index contributed by atoms with van der Waals surface area (Å²) in [6.07, 6.45) is 5.95. The van der Waals surface area contributed by atoms with E-state index >= 15 is 0 Å². The summed E-state index contributed by atoms with van der Waals surface area (Å²) in [6.45, 7) is 2.36. The van der Waals surface area contributed by atoms with Crippen LogP contribution in [0.1, 0.15) is 12.0 Å². The molecule has 0 saturated carbocycles. The Morgan fingerprint density at radius 2 is 2.41 bits per heavy atom.